The Hall–Kier alpha value is -4.39. The molecule has 0 aliphatic carbocycles. The lowest BCUT2D eigenvalue weighted by molar-refractivity contribution is -0.192. The summed E-state index contributed by atoms with van der Waals surface area (Å²) in [6.07, 6.45) is -3.54. The zero-order chi connectivity index (χ0) is 29.0. The topological polar surface area (TPSA) is 122 Å². The molecule has 1 amide bonds. The Bertz CT molecular complexity index is 1490. The van der Waals surface area contributed by atoms with Gasteiger partial charge in [-0.25, -0.2) is 9.78 Å². The zero-order valence-corrected chi connectivity index (χ0v) is 21.9. The highest BCUT2D eigenvalue weighted by molar-refractivity contribution is 6.00. The minimum atomic E-state index is -5.08. The minimum absolute atomic E-state index is 0.0182. The summed E-state index contributed by atoms with van der Waals surface area (Å²) in [6, 6.07) is 13.4. The van der Waals surface area contributed by atoms with Gasteiger partial charge in [0.05, 0.1) is 12.5 Å². The Balaban J connectivity index is 0.000000470. The van der Waals surface area contributed by atoms with Crippen LogP contribution in [-0.2, 0) is 4.79 Å². The van der Waals surface area contributed by atoms with E-state index >= 15 is 0 Å². The largest absolute Gasteiger partial charge is 0.497 e. The summed E-state index contributed by atoms with van der Waals surface area (Å²) in [4.78, 5) is 30.9. The van der Waals surface area contributed by atoms with E-state index < -0.39 is 12.1 Å². The molecule has 5 rings (SSSR count). The Morgan fingerprint density at radius 3 is 2.40 bits per heavy atom. The molecule has 0 spiro atoms. The van der Waals surface area contributed by atoms with Crippen molar-refractivity contribution in [3.63, 3.8) is 0 Å². The molecule has 212 valence electrons. The van der Waals surface area contributed by atoms with Gasteiger partial charge in [-0.15, -0.1) is 0 Å². The van der Waals surface area contributed by atoms with Crippen LogP contribution in [-0.4, -0.2) is 82.4 Å². The highest BCUT2D eigenvalue weighted by Gasteiger charge is 2.38. The fourth-order valence-corrected chi connectivity index (χ4v) is 4.15. The van der Waals surface area contributed by atoms with Gasteiger partial charge in [0.1, 0.15) is 23.4 Å². The van der Waals surface area contributed by atoms with E-state index in [0.717, 1.165) is 42.9 Å². The lowest BCUT2D eigenvalue weighted by Crippen LogP contribution is -2.50. The number of amides is 1. The molecule has 2 aromatic heterocycles. The van der Waals surface area contributed by atoms with Gasteiger partial charge in [0, 0.05) is 43.3 Å². The number of carbonyl (C=O) groups is 2. The number of nitrogens with zero attached hydrogens (tertiary/aromatic N) is 4. The van der Waals surface area contributed by atoms with Gasteiger partial charge in [-0.1, -0.05) is 11.2 Å². The number of alkyl halides is 3. The van der Waals surface area contributed by atoms with Crippen molar-refractivity contribution < 1.29 is 41.5 Å². The molecule has 1 saturated heterocycles. The fraction of sp³-hybridized carbons (Fsp3) is 0.333. The van der Waals surface area contributed by atoms with Crippen LogP contribution >= 0.6 is 0 Å². The molecule has 13 heteroatoms. The van der Waals surface area contributed by atoms with E-state index in [9.17, 15) is 18.0 Å². The third kappa shape index (κ3) is 6.42. The van der Waals surface area contributed by atoms with Crippen molar-refractivity contribution in [3.05, 3.63) is 54.3 Å². The summed E-state index contributed by atoms with van der Waals surface area (Å²) in [5, 5.41) is 12.0. The number of carboxylic acids is 1. The second-order valence-corrected chi connectivity index (χ2v) is 9.24. The van der Waals surface area contributed by atoms with Gasteiger partial charge in [-0.05, 0) is 50.2 Å². The number of piperazine rings is 1. The molecule has 0 saturated carbocycles. The number of rotatable bonds is 5. The zero-order valence-electron chi connectivity index (χ0n) is 21.9. The number of oxazole rings is 1. The first-order valence-electron chi connectivity index (χ1n) is 12.3. The van der Waals surface area contributed by atoms with E-state index in [4.69, 9.17) is 23.6 Å². The molecule has 0 unspecified atom stereocenters. The number of benzene rings is 2. The van der Waals surface area contributed by atoms with E-state index in [-0.39, 0.29) is 5.91 Å². The number of hydrogen-bond acceptors (Lipinski definition) is 8. The van der Waals surface area contributed by atoms with Crippen molar-refractivity contribution in [3.8, 4) is 28.6 Å². The summed E-state index contributed by atoms with van der Waals surface area (Å²) in [5.41, 5.74) is 3.09. The Morgan fingerprint density at radius 2 is 1.77 bits per heavy atom. The number of ether oxygens (including phenoxy) is 1. The number of halogens is 3. The SMILES string of the molecule is COc1cccc(-c2nc(-c3noc4ccc(C(=O)N5CCN(C(C)C)CC5)cc34)co2)c1.O=C(O)C(F)(F)F. The predicted molar refractivity (Wildman–Crippen MR) is 138 cm³/mol. The normalized spacial score (nSPS) is 14.2. The molecule has 40 heavy (non-hydrogen) atoms. The molecule has 0 radical (unpaired) electrons. The number of methoxy groups -OCH3 is 1. The van der Waals surface area contributed by atoms with Gasteiger partial charge in [0.15, 0.2) is 5.58 Å². The maximum atomic E-state index is 13.1. The molecule has 1 fully saturated rings. The minimum Gasteiger partial charge on any atom is -0.497 e. The molecule has 0 bridgehead atoms. The Morgan fingerprint density at radius 1 is 1.07 bits per heavy atom. The van der Waals surface area contributed by atoms with Crippen LogP contribution in [0.15, 0.2) is 57.7 Å². The first kappa shape index (κ1) is 28.6. The lowest BCUT2D eigenvalue weighted by Gasteiger charge is -2.36. The first-order valence-corrected chi connectivity index (χ1v) is 12.3. The number of fused-ring (bicyclic) bond motifs is 1. The number of hydrogen-bond donors (Lipinski definition) is 1. The van der Waals surface area contributed by atoms with Gasteiger partial charge in [0.2, 0.25) is 5.89 Å². The van der Waals surface area contributed by atoms with E-state index in [1.165, 1.54) is 0 Å². The van der Waals surface area contributed by atoms with Crippen LogP contribution in [0.1, 0.15) is 24.2 Å². The van der Waals surface area contributed by atoms with E-state index in [2.05, 4.69) is 28.9 Å². The quantitative estimate of drug-likeness (QED) is 0.361. The molecule has 3 heterocycles. The van der Waals surface area contributed by atoms with E-state index in [1.54, 1.807) is 25.5 Å². The molecule has 1 N–H and O–H groups in total. The van der Waals surface area contributed by atoms with Crippen LogP contribution in [0.2, 0.25) is 0 Å². The monoisotopic (exact) mass is 560 g/mol. The maximum Gasteiger partial charge on any atom is 0.490 e. The smallest absolute Gasteiger partial charge is 0.490 e. The molecule has 0 atom stereocenters. The van der Waals surface area contributed by atoms with Crippen molar-refractivity contribution >= 4 is 22.8 Å². The standard InChI is InChI=1S/C25H26N4O4.C2HF3O2/c1-16(2)28-9-11-29(12-10-28)25(30)18-7-8-22-20(14-18)23(27-33-22)21-15-32-24(26-21)17-5-4-6-19(13-17)31-3;3-2(4,5)1(6)7/h4-8,13-16H,9-12H2,1-3H3;(H,6,7). The van der Waals surface area contributed by atoms with Crippen LogP contribution < -0.4 is 4.74 Å². The van der Waals surface area contributed by atoms with Crippen molar-refractivity contribution in [1.82, 2.24) is 19.9 Å². The van der Waals surface area contributed by atoms with Crippen molar-refractivity contribution in [1.29, 1.82) is 0 Å². The van der Waals surface area contributed by atoms with Crippen molar-refractivity contribution in [2.75, 3.05) is 33.3 Å². The predicted octanol–water partition coefficient (Wildman–Crippen LogP) is 4.96. The highest BCUT2D eigenvalue weighted by atomic mass is 19.4. The summed E-state index contributed by atoms with van der Waals surface area (Å²) in [7, 11) is 1.62. The van der Waals surface area contributed by atoms with Gasteiger partial charge < -0.3 is 23.7 Å². The molecule has 2 aromatic carbocycles. The highest BCUT2D eigenvalue weighted by Crippen LogP contribution is 2.31. The summed E-state index contributed by atoms with van der Waals surface area (Å²) < 4.78 is 48.2. The molecule has 1 aliphatic heterocycles. The Kier molecular flexibility index (Phi) is 8.43. The average Bonchev–Trinajstić information content (AvgIpc) is 3.59. The lowest BCUT2D eigenvalue weighted by atomic mass is 10.1. The molecule has 10 nitrogen and oxygen atoms in total. The van der Waals surface area contributed by atoms with Gasteiger partial charge >= 0.3 is 12.1 Å². The van der Waals surface area contributed by atoms with Gasteiger partial charge in [0.25, 0.3) is 5.91 Å². The molecular formula is C27H27F3N4O6. The summed E-state index contributed by atoms with van der Waals surface area (Å²) in [5.74, 6) is -1.57. The average molecular weight is 561 g/mol. The molecule has 1 aliphatic rings. The number of aromatic nitrogens is 2. The maximum absolute atomic E-state index is 13.1. The third-order valence-corrected chi connectivity index (χ3v) is 6.35. The number of carbonyl (C=O) groups excluding carboxylic acids is 1. The second kappa shape index (κ2) is 11.8. The van der Waals surface area contributed by atoms with Crippen LogP contribution in [0.4, 0.5) is 13.2 Å². The van der Waals surface area contributed by atoms with Crippen molar-refractivity contribution in [2.24, 2.45) is 0 Å². The van der Waals surface area contributed by atoms with Gasteiger partial charge in [-0.3, -0.25) is 9.69 Å². The van der Waals surface area contributed by atoms with E-state index in [0.29, 0.717) is 34.5 Å². The van der Waals surface area contributed by atoms with Crippen LogP contribution in [0.5, 0.6) is 5.75 Å². The number of carboxylic acid groups (broad SMARTS) is 1. The second-order valence-electron chi connectivity index (χ2n) is 9.24. The van der Waals surface area contributed by atoms with Crippen LogP contribution in [0, 0.1) is 0 Å². The summed E-state index contributed by atoms with van der Waals surface area (Å²) in [6.45, 7) is 7.58. The Labute approximate surface area is 226 Å². The van der Waals surface area contributed by atoms with Crippen LogP contribution in [0.25, 0.3) is 33.8 Å². The van der Waals surface area contributed by atoms with E-state index in [1.807, 2.05) is 35.2 Å². The fourth-order valence-electron chi connectivity index (χ4n) is 4.15. The van der Waals surface area contributed by atoms with Crippen LogP contribution in [0.3, 0.4) is 0 Å². The summed E-state index contributed by atoms with van der Waals surface area (Å²) >= 11 is 0. The van der Waals surface area contributed by atoms with Gasteiger partial charge in [-0.2, -0.15) is 13.2 Å². The number of aliphatic carboxylic acids is 1. The first-order chi connectivity index (χ1) is 19.0. The molecule has 4 aromatic rings. The molecular weight excluding hydrogens is 533 g/mol. The third-order valence-electron chi connectivity index (χ3n) is 6.35. The van der Waals surface area contributed by atoms with Crippen molar-refractivity contribution in [2.45, 2.75) is 26.1 Å².